The Kier molecular flexibility index (Phi) is 4.14. The fourth-order valence-corrected chi connectivity index (χ4v) is 2.27. The number of carboxylic acids is 1. The normalized spacial score (nSPS) is 12.8. The SMILES string of the molecule is COC(=O)C(C)S(=O)(=O)Nc1c(C(=O)O)cnn1C. The molecule has 1 aromatic heterocycles. The zero-order valence-electron chi connectivity index (χ0n) is 10.4. The van der Waals surface area contributed by atoms with Crippen LogP contribution in [0.15, 0.2) is 6.20 Å². The molecule has 0 spiro atoms. The molecule has 0 radical (unpaired) electrons. The summed E-state index contributed by atoms with van der Waals surface area (Å²) in [5.41, 5.74) is -0.317. The van der Waals surface area contributed by atoms with E-state index in [0.717, 1.165) is 24.9 Å². The van der Waals surface area contributed by atoms with Crippen molar-refractivity contribution in [2.75, 3.05) is 11.8 Å². The third-order valence-electron chi connectivity index (χ3n) is 2.41. The fraction of sp³-hybridized carbons (Fsp3) is 0.444. The van der Waals surface area contributed by atoms with Crippen molar-refractivity contribution in [1.29, 1.82) is 0 Å². The van der Waals surface area contributed by atoms with Crippen molar-refractivity contribution in [3.63, 3.8) is 0 Å². The molecule has 1 heterocycles. The van der Waals surface area contributed by atoms with E-state index in [1.54, 1.807) is 0 Å². The van der Waals surface area contributed by atoms with Crippen LogP contribution in [0.2, 0.25) is 0 Å². The predicted molar refractivity (Wildman–Crippen MR) is 64.2 cm³/mol. The summed E-state index contributed by atoms with van der Waals surface area (Å²) in [6.45, 7) is 1.13. The van der Waals surface area contributed by atoms with Gasteiger partial charge >= 0.3 is 11.9 Å². The lowest BCUT2D eigenvalue weighted by molar-refractivity contribution is -0.139. The lowest BCUT2D eigenvalue weighted by atomic mass is 10.3. The number of nitrogens with one attached hydrogen (secondary N) is 1. The Morgan fingerprint density at radius 1 is 1.53 bits per heavy atom. The maximum atomic E-state index is 11.9. The molecular formula is C9H13N3O6S. The zero-order valence-corrected chi connectivity index (χ0v) is 11.3. The number of carbonyl (C=O) groups is 2. The Balaban J connectivity index is 3.12. The van der Waals surface area contributed by atoms with Crippen molar-refractivity contribution in [3.8, 4) is 0 Å². The minimum Gasteiger partial charge on any atom is -0.477 e. The fourth-order valence-electron chi connectivity index (χ4n) is 1.23. The first kappa shape index (κ1) is 15.0. The van der Waals surface area contributed by atoms with Crippen LogP contribution in [-0.2, 0) is 26.6 Å². The molecule has 0 saturated carbocycles. The van der Waals surface area contributed by atoms with E-state index in [0.29, 0.717) is 0 Å². The molecule has 1 atom stereocenters. The quantitative estimate of drug-likeness (QED) is 0.695. The van der Waals surface area contributed by atoms with E-state index in [1.807, 2.05) is 4.72 Å². The number of methoxy groups -OCH3 is 1. The van der Waals surface area contributed by atoms with E-state index in [2.05, 4.69) is 9.84 Å². The third kappa shape index (κ3) is 3.02. The van der Waals surface area contributed by atoms with Gasteiger partial charge in [0.25, 0.3) is 0 Å². The van der Waals surface area contributed by atoms with Gasteiger partial charge in [-0.2, -0.15) is 5.10 Å². The summed E-state index contributed by atoms with van der Waals surface area (Å²) in [6.07, 6.45) is 1.00. The Hall–Kier alpha value is -2.10. The van der Waals surface area contributed by atoms with Crippen LogP contribution in [0.3, 0.4) is 0 Å². The second kappa shape index (κ2) is 5.26. The van der Waals surface area contributed by atoms with Gasteiger partial charge < -0.3 is 9.84 Å². The highest BCUT2D eigenvalue weighted by Gasteiger charge is 2.31. The van der Waals surface area contributed by atoms with Crippen LogP contribution in [-0.4, -0.2) is 47.6 Å². The smallest absolute Gasteiger partial charge is 0.341 e. The second-order valence-corrected chi connectivity index (χ2v) is 5.65. The first-order chi connectivity index (χ1) is 8.70. The van der Waals surface area contributed by atoms with E-state index in [-0.39, 0.29) is 11.4 Å². The highest BCUT2D eigenvalue weighted by Crippen LogP contribution is 2.17. The van der Waals surface area contributed by atoms with Gasteiger partial charge in [0.2, 0.25) is 10.0 Å². The number of hydrogen-bond donors (Lipinski definition) is 2. The minimum atomic E-state index is -4.12. The number of esters is 1. The molecule has 1 rings (SSSR count). The number of hydrogen-bond acceptors (Lipinski definition) is 6. The van der Waals surface area contributed by atoms with Crippen molar-refractivity contribution in [2.45, 2.75) is 12.2 Å². The highest BCUT2D eigenvalue weighted by atomic mass is 32.2. The average molecular weight is 291 g/mol. The van der Waals surface area contributed by atoms with Crippen molar-refractivity contribution < 1.29 is 27.9 Å². The third-order valence-corrected chi connectivity index (χ3v) is 4.01. The van der Waals surface area contributed by atoms with Gasteiger partial charge in [-0.05, 0) is 6.92 Å². The Morgan fingerprint density at radius 3 is 2.58 bits per heavy atom. The second-order valence-electron chi connectivity index (χ2n) is 3.65. The maximum Gasteiger partial charge on any atom is 0.341 e. The number of rotatable bonds is 5. The van der Waals surface area contributed by atoms with Crippen LogP contribution in [0.5, 0.6) is 0 Å². The number of carboxylic acid groups (broad SMARTS) is 1. The van der Waals surface area contributed by atoms with Crippen LogP contribution >= 0.6 is 0 Å². The summed E-state index contributed by atoms with van der Waals surface area (Å²) in [5.74, 6) is -2.52. The van der Waals surface area contributed by atoms with E-state index < -0.39 is 27.2 Å². The van der Waals surface area contributed by atoms with Crippen LogP contribution in [0.1, 0.15) is 17.3 Å². The van der Waals surface area contributed by atoms with Gasteiger partial charge in [-0.1, -0.05) is 0 Å². The molecule has 0 aliphatic rings. The molecule has 0 fully saturated rings. The first-order valence-corrected chi connectivity index (χ1v) is 6.60. The van der Waals surface area contributed by atoms with E-state index >= 15 is 0 Å². The lowest BCUT2D eigenvalue weighted by Crippen LogP contribution is -2.34. The Morgan fingerprint density at radius 2 is 2.11 bits per heavy atom. The number of aromatic carboxylic acids is 1. The highest BCUT2D eigenvalue weighted by molar-refractivity contribution is 7.94. The molecule has 0 bridgehead atoms. The zero-order chi connectivity index (χ0) is 14.8. The minimum absolute atomic E-state index is 0.233. The lowest BCUT2D eigenvalue weighted by Gasteiger charge is -2.13. The molecule has 0 aliphatic carbocycles. The number of aromatic nitrogens is 2. The average Bonchev–Trinajstić information content (AvgIpc) is 2.68. The Bertz CT molecular complexity index is 605. The van der Waals surface area contributed by atoms with Crippen LogP contribution in [0.4, 0.5) is 5.82 Å². The molecule has 1 unspecified atom stereocenters. The van der Waals surface area contributed by atoms with Gasteiger partial charge in [0.15, 0.2) is 11.1 Å². The number of carbonyl (C=O) groups excluding carboxylic acids is 1. The monoisotopic (exact) mass is 291 g/mol. The first-order valence-electron chi connectivity index (χ1n) is 5.05. The van der Waals surface area contributed by atoms with Crippen molar-refractivity contribution in [1.82, 2.24) is 9.78 Å². The van der Waals surface area contributed by atoms with E-state index in [9.17, 15) is 18.0 Å². The summed E-state index contributed by atoms with van der Waals surface area (Å²) in [7, 11) is -1.70. The summed E-state index contributed by atoms with van der Waals surface area (Å²) in [6, 6.07) is 0. The molecule has 0 amide bonds. The van der Waals surface area contributed by atoms with E-state index in [4.69, 9.17) is 5.11 Å². The van der Waals surface area contributed by atoms with Crippen molar-refractivity contribution in [2.24, 2.45) is 7.05 Å². The molecule has 9 nitrogen and oxygen atoms in total. The molecule has 19 heavy (non-hydrogen) atoms. The maximum absolute atomic E-state index is 11.9. The van der Waals surface area contributed by atoms with Gasteiger partial charge in [-0.3, -0.25) is 14.2 Å². The number of ether oxygens (including phenoxy) is 1. The molecule has 10 heteroatoms. The number of aryl methyl sites for hydroxylation is 1. The predicted octanol–water partition coefficient (Wildman–Crippen LogP) is -0.579. The van der Waals surface area contributed by atoms with Gasteiger partial charge in [0.1, 0.15) is 5.56 Å². The van der Waals surface area contributed by atoms with Crippen LogP contribution < -0.4 is 4.72 Å². The van der Waals surface area contributed by atoms with Crippen molar-refractivity contribution >= 4 is 27.8 Å². The summed E-state index contributed by atoms with van der Waals surface area (Å²) in [5, 5.41) is 11.1. The standard InChI is InChI=1S/C9H13N3O6S/c1-5(9(15)18-3)19(16,17)11-7-6(8(13)14)4-10-12(7)2/h4-5,11H,1-3H3,(H,13,14). The molecule has 1 aromatic rings. The Labute approximate surface area is 109 Å². The van der Waals surface area contributed by atoms with Gasteiger partial charge in [0, 0.05) is 7.05 Å². The summed E-state index contributed by atoms with van der Waals surface area (Å²) >= 11 is 0. The number of nitrogens with zero attached hydrogens (tertiary/aromatic N) is 2. The molecule has 0 saturated heterocycles. The molecule has 0 aliphatic heterocycles. The summed E-state index contributed by atoms with van der Waals surface area (Å²) in [4.78, 5) is 22.1. The topological polar surface area (TPSA) is 128 Å². The molecule has 106 valence electrons. The number of anilines is 1. The largest absolute Gasteiger partial charge is 0.477 e. The van der Waals surface area contributed by atoms with Gasteiger partial charge in [-0.25, -0.2) is 13.2 Å². The van der Waals surface area contributed by atoms with E-state index in [1.165, 1.54) is 7.05 Å². The number of sulfonamides is 1. The molecule has 0 aromatic carbocycles. The summed E-state index contributed by atoms with van der Waals surface area (Å²) < 4.78 is 31.2. The van der Waals surface area contributed by atoms with Crippen LogP contribution in [0.25, 0.3) is 0 Å². The van der Waals surface area contributed by atoms with Crippen molar-refractivity contribution in [3.05, 3.63) is 11.8 Å². The van der Waals surface area contributed by atoms with Gasteiger partial charge in [0.05, 0.1) is 13.3 Å². The van der Waals surface area contributed by atoms with Gasteiger partial charge in [-0.15, -0.1) is 0 Å². The van der Waals surface area contributed by atoms with Crippen LogP contribution in [0, 0.1) is 0 Å². The molecular weight excluding hydrogens is 278 g/mol. The molecule has 2 N–H and O–H groups in total.